The number of amides is 1. The molecule has 5 nitrogen and oxygen atoms in total. The van der Waals surface area contributed by atoms with Crippen LogP contribution in [-0.2, 0) is 9.53 Å². The maximum Gasteiger partial charge on any atom is 0.337 e. The number of carbonyl (C=O) groups excluding carboxylic acids is 2. The van der Waals surface area contributed by atoms with Crippen LogP contribution in [0.25, 0.3) is 6.08 Å². The van der Waals surface area contributed by atoms with Crippen molar-refractivity contribution in [1.82, 2.24) is 4.90 Å². The number of carbonyl (C=O) groups is 2. The molecule has 1 fully saturated rings. The van der Waals surface area contributed by atoms with Gasteiger partial charge in [0.25, 0.3) is 5.91 Å². The Kier molecular flexibility index (Phi) is 6.59. The molecule has 0 unspecified atom stereocenters. The molecule has 0 spiro atoms. The molecule has 0 aliphatic carbocycles. The number of amidine groups is 1. The summed E-state index contributed by atoms with van der Waals surface area (Å²) in [5.41, 5.74) is 2.11. The fraction of sp³-hybridized carbons (Fsp3) is 0.190. The van der Waals surface area contributed by atoms with Gasteiger partial charge in [-0.1, -0.05) is 12.1 Å². The van der Waals surface area contributed by atoms with Gasteiger partial charge in [0.05, 0.1) is 23.3 Å². The predicted octanol–water partition coefficient (Wildman–Crippen LogP) is 4.82. The van der Waals surface area contributed by atoms with Crippen molar-refractivity contribution in [2.75, 3.05) is 19.9 Å². The van der Waals surface area contributed by atoms with Gasteiger partial charge in [-0.3, -0.25) is 9.69 Å². The molecule has 7 heteroatoms. The lowest BCUT2D eigenvalue weighted by Crippen LogP contribution is -2.28. The standard InChI is InChI=1S/C21H20N2O3S2/c1-4-23-19(24)18(13-14-5-11-17(27-3)12-6-14)28-21(23)22-16-9-7-15(8-10-16)20(25)26-2/h5-13H,4H2,1-3H3/b18-13+,22-21?. The van der Waals surface area contributed by atoms with Crippen molar-refractivity contribution >= 4 is 52.3 Å². The topological polar surface area (TPSA) is 59.0 Å². The molecular weight excluding hydrogens is 392 g/mol. The number of benzene rings is 2. The van der Waals surface area contributed by atoms with Crippen LogP contribution >= 0.6 is 23.5 Å². The quantitative estimate of drug-likeness (QED) is 0.400. The van der Waals surface area contributed by atoms with Crippen molar-refractivity contribution in [3.05, 3.63) is 64.6 Å². The summed E-state index contributed by atoms with van der Waals surface area (Å²) in [6, 6.07) is 14.9. The van der Waals surface area contributed by atoms with Gasteiger partial charge in [0, 0.05) is 11.4 Å². The second-order valence-corrected chi connectivity index (χ2v) is 7.75. The van der Waals surface area contributed by atoms with E-state index in [9.17, 15) is 9.59 Å². The molecule has 2 aromatic carbocycles. The molecule has 0 bridgehead atoms. The summed E-state index contributed by atoms with van der Waals surface area (Å²) < 4.78 is 4.70. The number of hydrogen-bond donors (Lipinski definition) is 0. The summed E-state index contributed by atoms with van der Waals surface area (Å²) in [6.45, 7) is 2.46. The monoisotopic (exact) mass is 412 g/mol. The number of nitrogens with zero attached hydrogens (tertiary/aromatic N) is 2. The van der Waals surface area contributed by atoms with Crippen molar-refractivity contribution in [2.45, 2.75) is 11.8 Å². The molecular formula is C21H20N2O3S2. The second kappa shape index (κ2) is 9.12. The minimum Gasteiger partial charge on any atom is -0.465 e. The average Bonchev–Trinajstić information content (AvgIpc) is 3.02. The summed E-state index contributed by atoms with van der Waals surface area (Å²) in [6.07, 6.45) is 3.92. The minimum absolute atomic E-state index is 0.0497. The van der Waals surface area contributed by atoms with Crippen LogP contribution in [0.3, 0.4) is 0 Å². The Hall–Kier alpha value is -2.51. The van der Waals surface area contributed by atoms with Gasteiger partial charge in [0.2, 0.25) is 0 Å². The van der Waals surface area contributed by atoms with Crippen molar-refractivity contribution in [3.8, 4) is 0 Å². The van der Waals surface area contributed by atoms with Crippen molar-refractivity contribution in [1.29, 1.82) is 0 Å². The molecule has 0 radical (unpaired) electrons. The largest absolute Gasteiger partial charge is 0.465 e. The Balaban J connectivity index is 1.85. The highest BCUT2D eigenvalue weighted by atomic mass is 32.2. The van der Waals surface area contributed by atoms with Gasteiger partial charge in [-0.2, -0.15) is 0 Å². The normalized spacial score (nSPS) is 16.8. The maximum absolute atomic E-state index is 12.7. The van der Waals surface area contributed by atoms with Gasteiger partial charge in [0.1, 0.15) is 0 Å². The van der Waals surface area contributed by atoms with E-state index in [0.717, 1.165) is 5.56 Å². The molecule has 1 amide bonds. The molecule has 28 heavy (non-hydrogen) atoms. The first-order valence-corrected chi connectivity index (χ1v) is 10.7. The van der Waals surface area contributed by atoms with Crippen LogP contribution < -0.4 is 0 Å². The average molecular weight is 413 g/mol. The van der Waals surface area contributed by atoms with E-state index >= 15 is 0 Å². The first-order chi connectivity index (χ1) is 13.5. The molecule has 0 atom stereocenters. The number of ether oxygens (including phenoxy) is 1. The van der Waals surface area contributed by atoms with E-state index in [1.165, 1.54) is 23.8 Å². The molecule has 3 rings (SSSR count). The van der Waals surface area contributed by atoms with Gasteiger partial charge in [-0.25, -0.2) is 9.79 Å². The number of likely N-dealkylation sites (N-methyl/N-ethyl adjacent to an activating group) is 1. The molecule has 1 saturated heterocycles. The molecule has 2 aromatic rings. The number of esters is 1. The third-order valence-corrected chi connectivity index (χ3v) is 5.88. The molecule has 0 saturated carbocycles. The first kappa shape index (κ1) is 20.2. The first-order valence-electron chi connectivity index (χ1n) is 8.68. The Bertz CT molecular complexity index is 935. The van der Waals surface area contributed by atoms with Crippen LogP contribution in [0.5, 0.6) is 0 Å². The number of methoxy groups -OCH3 is 1. The van der Waals surface area contributed by atoms with Crippen LogP contribution in [0.4, 0.5) is 5.69 Å². The summed E-state index contributed by atoms with van der Waals surface area (Å²) in [5, 5.41) is 0.630. The molecule has 1 aliphatic heterocycles. The zero-order valence-corrected chi connectivity index (χ0v) is 17.5. The van der Waals surface area contributed by atoms with Gasteiger partial charge in [-0.15, -0.1) is 11.8 Å². The van der Waals surface area contributed by atoms with E-state index in [0.29, 0.717) is 27.9 Å². The Morgan fingerprint density at radius 2 is 1.86 bits per heavy atom. The smallest absolute Gasteiger partial charge is 0.337 e. The van der Waals surface area contributed by atoms with Gasteiger partial charge in [-0.05, 0) is 73.0 Å². The third kappa shape index (κ3) is 4.48. The fourth-order valence-electron chi connectivity index (χ4n) is 2.62. The summed E-state index contributed by atoms with van der Waals surface area (Å²) in [4.78, 5) is 32.4. The lowest BCUT2D eigenvalue weighted by molar-refractivity contribution is -0.122. The van der Waals surface area contributed by atoms with Crippen LogP contribution in [0.1, 0.15) is 22.8 Å². The second-order valence-electron chi connectivity index (χ2n) is 5.87. The lowest BCUT2D eigenvalue weighted by atomic mass is 10.2. The summed E-state index contributed by atoms with van der Waals surface area (Å²) in [7, 11) is 1.35. The van der Waals surface area contributed by atoms with Crippen LogP contribution in [0.2, 0.25) is 0 Å². The van der Waals surface area contributed by atoms with Crippen LogP contribution in [0.15, 0.2) is 63.3 Å². The predicted molar refractivity (Wildman–Crippen MR) is 116 cm³/mol. The van der Waals surface area contributed by atoms with E-state index in [4.69, 9.17) is 4.74 Å². The number of thioether (sulfide) groups is 2. The zero-order valence-electron chi connectivity index (χ0n) is 15.8. The van der Waals surface area contributed by atoms with Crippen LogP contribution in [0, 0.1) is 0 Å². The van der Waals surface area contributed by atoms with Crippen molar-refractivity contribution in [3.63, 3.8) is 0 Å². The fourth-order valence-corrected chi connectivity index (χ4v) is 4.09. The molecule has 0 N–H and O–H groups in total. The van der Waals surface area contributed by atoms with Gasteiger partial charge in [0.15, 0.2) is 5.17 Å². The van der Waals surface area contributed by atoms with E-state index < -0.39 is 5.97 Å². The van der Waals surface area contributed by atoms with E-state index in [1.54, 1.807) is 40.9 Å². The van der Waals surface area contributed by atoms with Gasteiger partial charge < -0.3 is 4.74 Å². The van der Waals surface area contributed by atoms with Crippen molar-refractivity contribution in [2.24, 2.45) is 4.99 Å². The number of rotatable bonds is 5. The molecule has 0 aromatic heterocycles. The molecule has 144 valence electrons. The summed E-state index contributed by atoms with van der Waals surface area (Å²) in [5.74, 6) is -0.441. The Morgan fingerprint density at radius 3 is 2.43 bits per heavy atom. The number of hydrogen-bond acceptors (Lipinski definition) is 6. The van der Waals surface area contributed by atoms with E-state index in [-0.39, 0.29) is 5.91 Å². The van der Waals surface area contributed by atoms with E-state index in [1.807, 2.05) is 43.5 Å². The Morgan fingerprint density at radius 1 is 1.18 bits per heavy atom. The third-order valence-electron chi connectivity index (χ3n) is 4.13. The highest BCUT2D eigenvalue weighted by molar-refractivity contribution is 8.18. The van der Waals surface area contributed by atoms with Gasteiger partial charge >= 0.3 is 5.97 Å². The summed E-state index contributed by atoms with van der Waals surface area (Å²) >= 11 is 3.04. The van der Waals surface area contributed by atoms with E-state index in [2.05, 4.69) is 4.99 Å². The van der Waals surface area contributed by atoms with Crippen molar-refractivity contribution < 1.29 is 14.3 Å². The lowest BCUT2D eigenvalue weighted by Gasteiger charge is -2.12. The zero-order chi connectivity index (χ0) is 20.1. The highest BCUT2D eigenvalue weighted by Gasteiger charge is 2.32. The number of aliphatic imine (C=N–C) groups is 1. The van der Waals surface area contributed by atoms with Crippen LogP contribution in [-0.4, -0.2) is 41.9 Å². The SMILES string of the molecule is CCN1C(=O)/C(=C\c2ccc(SC)cc2)SC1=Nc1ccc(C(=O)OC)cc1. The highest BCUT2D eigenvalue weighted by Crippen LogP contribution is 2.34. The Labute approximate surface area is 172 Å². The minimum atomic E-state index is -0.391. The maximum atomic E-state index is 12.7. The molecule has 1 heterocycles. The molecule has 1 aliphatic rings.